The summed E-state index contributed by atoms with van der Waals surface area (Å²) in [6.07, 6.45) is 4.24. The minimum atomic E-state index is -1.28. The highest BCUT2D eigenvalue weighted by Gasteiger charge is 2.34. The van der Waals surface area contributed by atoms with Gasteiger partial charge in [-0.1, -0.05) is 38.2 Å². The van der Waals surface area contributed by atoms with Crippen molar-refractivity contribution in [1.82, 2.24) is 34.5 Å². The van der Waals surface area contributed by atoms with Crippen molar-refractivity contribution in [1.29, 1.82) is 5.26 Å². The number of hydrogen-bond acceptors (Lipinski definition) is 7. The lowest BCUT2D eigenvalue weighted by atomic mass is 10.0. The summed E-state index contributed by atoms with van der Waals surface area (Å²) in [4.78, 5) is 37.7. The Morgan fingerprint density at radius 2 is 2.05 bits per heavy atom. The summed E-state index contributed by atoms with van der Waals surface area (Å²) < 4.78 is 9.67. The third-order valence-corrected chi connectivity index (χ3v) is 9.46. The highest BCUT2D eigenvalue weighted by Crippen LogP contribution is 2.31. The number of fused-ring (bicyclic) bond motifs is 2. The van der Waals surface area contributed by atoms with Crippen LogP contribution in [0.4, 0.5) is 0 Å². The molecule has 0 bridgehead atoms. The number of benzene rings is 1. The molecule has 1 N–H and O–H groups in total. The summed E-state index contributed by atoms with van der Waals surface area (Å²) in [5, 5.41) is 18.2. The first kappa shape index (κ1) is 30.7. The lowest BCUT2D eigenvalue weighted by molar-refractivity contribution is -0.137. The molecule has 0 radical (unpaired) electrons. The van der Waals surface area contributed by atoms with Crippen LogP contribution in [0.3, 0.4) is 0 Å². The highest BCUT2D eigenvalue weighted by atomic mass is 35.5. The van der Waals surface area contributed by atoms with E-state index in [1.807, 2.05) is 22.9 Å². The van der Waals surface area contributed by atoms with Crippen LogP contribution in [-0.2, 0) is 22.8 Å². The van der Waals surface area contributed by atoms with Gasteiger partial charge in [-0.25, -0.2) is 9.97 Å². The second-order valence-electron chi connectivity index (χ2n) is 12.3. The van der Waals surface area contributed by atoms with Crippen molar-refractivity contribution in [3.8, 4) is 17.5 Å². The Balaban J connectivity index is 1.49. The van der Waals surface area contributed by atoms with Crippen LogP contribution < -0.4 is 5.32 Å². The zero-order valence-corrected chi connectivity index (χ0v) is 27.0. The van der Waals surface area contributed by atoms with E-state index in [1.54, 1.807) is 28.8 Å². The molecular formula is C30H37ClN8O3Si. The van der Waals surface area contributed by atoms with Gasteiger partial charge in [-0.05, 0) is 37.6 Å². The van der Waals surface area contributed by atoms with Crippen LogP contribution in [0.2, 0.25) is 30.7 Å². The standard InChI is InChI=1S/C30H37ClN8O3Si/c1-6-9-39-25-12-21(31)7-8-22(25)26(36-39)24-14-33-28-27(35-24)23(17-38(28)18-42-10-11-43(3,4)5)29(40)34-19(2)30(41)37-15-20(13-32)16-37/h7-8,12,14,17,19-20H,6,9-11,15-16,18H2,1-5H3,(H,34,40)/t19-/m1/s1. The van der Waals surface area contributed by atoms with Gasteiger partial charge in [0.1, 0.15) is 29.7 Å². The maximum absolute atomic E-state index is 13.6. The van der Waals surface area contributed by atoms with Crippen LogP contribution in [0, 0.1) is 17.2 Å². The number of ether oxygens (including phenoxy) is 1. The molecule has 0 unspecified atom stereocenters. The monoisotopic (exact) mass is 620 g/mol. The van der Waals surface area contributed by atoms with E-state index in [-0.39, 0.29) is 24.1 Å². The molecule has 1 atom stereocenters. The van der Waals surface area contributed by atoms with Crippen LogP contribution in [0.25, 0.3) is 33.5 Å². The number of hydrogen-bond donors (Lipinski definition) is 1. The summed E-state index contributed by atoms with van der Waals surface area (Å²) in [6, 6.07) is 8.03. The van der Waals surface area contributed by atoms with Crippen molar-refractivity contribution in [3.63, 3.8) is 0 Å². The second kappa shape index (κ2) is 12.4. The SMILES string of the molecule is CCCn1nc(-c2cnc3c(n2)c(C(=O)N[C@H](C)C(=O)N2CC(C#N)C2)cn3COCC[Si](C)(C)C)c2ccc(Cl)cc21. The van der Waals surface area contributed by atoms with E-state index in [0.29, 0.717) is 53.8 Å². The minimum Gasteiger partial charge on any atom is -0.361 e. The number of carbonyl (C=O) groups excluding carboxylic acids is 2. The van der Waals surface area contributed by atoms with Crippen molar-refractivity contribution in [2.45, 2.75) is 65.3 Å². The highest BCUT2D eigenvalue weighted by molar-refractivity contribution is 6.76. The fourth-order valence-electron chi connectivity index (χ4n) is 5.04. The normalized spacial score (nSPS) is 14.6. The van der Waals surface area contributed by atoms with E-state index < -0.39 is 20.0 Å². The van der Waals surface area contributed by atoms with E-state index in [4.69, 9.17) is 36.7 Å². The molecule has 4 aromatic rings. The van der Waals surface area contributed by atoms with E-state index in [2.05, 4.69) is 38.0 Å². The van der Waals surface area contributed by atoms with E-state index >= 15 is 0 Å². The van der Waals surface area contributed by atoms with Gasteiger partial charge in [-0.2, -0.15) is 10.4 Å². The lowest BCUT2D eigenvalue weighted by Crippen LogP contribution is -2.55. The lowest BCUT2D eigenvalue weighted by Gasteiger charge is -2.37. The molecule has 5 rings (SSSR count). The predicted octanol–water partition coefficient (Wildman–Crippen LogP) is 4.92. The van der Waals surface area contributed by atoms with Gasteiger partial charge in [0.2, 0.25) is 5.91 Å². The Bertz CT molecular complexity index is 1710. The molecule has 1 aliphatic heterocycles. The second-order valence-corrected chi connectivity index (χ2v) is 18.3. The third kappa shape index (κ3) is 6.59. The maximum Gasteiger partial charge on any atom is 0.255 e. The summed E-state index contributed by atoms with van der Waals surface area (Å²) >= 11 is 6.30. The number of rotatable bonds is 11. The van der Waals surface area contributed by atoms with Gasteiger partial charge in [0.15, 0.2) is 5.65 Å². The van der Waals surface area contributed by atoms with Crippen LogP contribution in [0.5, 0.6) is 0 Å². The van der Waals surface area contributed by atoms with E-state index in [0.717, 1.165) is 23.4 Å². The Hall–Kier alpha value is -3.79. The van der Waals surface area contributed by atoms with Crippen LogP contribution in [0.1, 0.15) is 30.6 Å². The van der Waals surface area contributed by atoms with E-state index in [1.165, 1.54) is 0 Å². The number of amides is 2. The number of aromatic nitrogens is 5. The van der Waals surface area contributed by atoms with E-state index in [9.17, 15) is 9.59 Å². The van der Waals surface area contributed by atoms with Gasteiger partial charge in [-0.3, -0.25) is 14.3 Å². The molecule has 1 fully saturated rings. The van der Waals surface area contributed by atoms with Crippen LogP contribution in [-0.4, -0.2) is 74.8 Å². The Morgan fingerprint density at radius 3 is 2.74 bits per heavy atom. The van der Waals surface area contributed by atoms with Gasteiger partial charge >= 0.3 is 0 Å². The summed E-state index contributed by atoms with van der Waals surface area (Å²) in [7, 11) is -1.28. The molecule has 0 saturated carbocycles. The van der Waals surface area contributed by atoms with Crippen molar-refractivity contribution in [2.24, 2.45) is 5.92 Å². The summed E-state index contributed by atoms with van der Waals surface area (Å²) in [5.41, 5.74) is 3.25. The Kier molecular flexibility index (Phi) is 8.87. The van der Waals surface area contributed by atoms with Crippen LogP contribution in [0.15, 0.2) is 30.6 Å². The Labute approximate surface area is 256 Å². The quantitative estimate of drug-likeness (QED) is 0.186. The topological polar surface area (TPSA) is 131 Å². The van der Waals surface area contributed by atoms with Crippen LogP contribution >= 0.6 is 11.6 Å². The molecule has 1 aliphatic rings. The van der Waals surface area contributed by atoms with Crippen molar-refractivity contribution in [3.05, 3.63) is 41.2 Å². The summed E-state index contributed by atoms with van der Waals surface area (Å²) in [5.74, 6) is -0.826. The molecule has 4 heterocycles. The molecule has 3 aromatic heterocycles. The number of nitriles is 1. The molecule has 0 spiro atoms. The smallest absolute Gasteiger partial charge is 0.255 e. The molecule has 226 valence electrons. The number of halogens is 1. The molecule has 11 nitrogen and oxygen atoms in total. The molecule has 2 amide bonds. The average Bonchev–Trinajstić information content (AvgIpc) is 3.48. The zero-order valence-electron chi connectivity index (χ0n) is 25.2. The molecule has 0 aliphatic carbocycles. The average molecular weight is 621 g/mol. The number of carbonyl (C=O) groups is 2. The van der Waals surface area contributed by atoms with Gasteiger partial charge in [0, 0.05) is 50.9 Å². The molecule has 43 heavy (non-hydrogen) atoms. The van der Waals surface area contributed by atoms with Crippen molar-refractivity contribution in [2.75, 3.05) is 19.7 Å². The third-order valence-electron chi connectivity index (χ3n) is 7.52. The molecule has 1 saturated heterocycles. The number of likely N-dealkylation sites (tertiary alicyclic amines) is 1. The first-order valence-electron chi connectivity index (χ1n) is 14.6. The number of nitrogens with zero attached hydrogens (tertiary/aromatic N) is 7. The predicted molar refractivity (Wildman–Crippen MR) is 168 cm³/mol. The fraction of sp³-hybridized carbons (Fsp3) is 0.467. The van der Waals surface area contributed by atoms with Crippen molar-refractivity contribution < 1.29 is 14.3 Å². The fourth-order valence-corrected chi connectivity index (χ4v) is 5.96. The van der Waals surface area contributed by atoms with Gasteiger partial charge in [-0.15, -0.1) is 0 Å². The Morgan fingerprint density at radius 1 is 1.28 bits per heavy atom. The maximum atomic E-state index is 13.6. The van der Waals surface area contributed by atoms with Crippen molar-refractivity contribution >= 4 is 53.6 Å². The number of aryl methyl sites for hydroxylation is 1. The molecule has 13 heteroatoms. The first-order valence-corrected chi connectivity index (χ1v) is 18.7. The number of nitrogens with one attached hydrogen (secondary N) is 1. The van der Waals surface area contributed by atoms with Gasteiger partial charge in [0.05, 0.1) is 29.3 Å². The largest absolute Gasteiger partial charge is 0.361 e. The molecule has 1 aromatic carbocycles. The first-order chi connectivity index (χ1) is 20.5. The van der Waals surface area contributed by atoms with Gasteiger partial charge < -0.3 is 19.5 Å². The molecular weight excluding hydrogens is 584 g/mol. The minimum absolute atomic E-state index is 0.160. The summed E-state index contributed by atoms with van der Waals surface area (Å²) in [6.45, 7) is 12.9. The zero-order chi connectivity index (χ0) is 30.9. The van der Waals surface area contributed by atoms with Gasteiger partial charge in [0.25, 0.3) is 5.91 Å².